The minimum Gasteiger partial charge on any atom is -0.468 e. The Balaban J connectivity index is 1.95. The first-order valence-corrected chi connectivity index (χ1v) is 5.43. The summed E-state index contributed by atoms with van der Waals surface area (Å²) < 4.78 is 28.2. The van der Waals surface area contributed by atoms with Gasteiger partial charge in [0.1, 0.15) is 12.8 Å². The number of hydrogen-bond donors (Lipinski definition) is 1. The van der Waals surface area contributed by atoms with E-state index in [9.17, 15) is 4.39 Å². The van der Waals surface area contributed by atoms with E-state index in [-0.39, 0.29) is 18.8 Å². The number of pyridine rings is 1. The van der Waals surface area contributed by atoms with Crippen molar-refractivity contribution in [1.29, 1.82) is 0 Å². The molecule has 1 aliphatic heterocycles. The van der Waals surface area contributed by atoms with E-state index in [1.807, 2.05) is 0 Å². The summed E-state index contributed by atoms with van der Waals surface area (Å²) in [5.41, 5.74) is 6.18. The fraction of sp³-hybridized carbons (Fsp3) is 0.545. The second-order valence-electron chi connectivity index (χ2n) is 3.69. The van der Waals surface area contributed by atoms with Gasteiger partial charge in [0.25, 0.3) is 0 Å². The van der Waals surface area contributed by atoms with Crippen LogP contribution in [0.1, 0.15) is 0 Å². The fourth-order valence-electron chi connectivity index (χ4n) is 1.62. The van der Waals surface area contributed by atoms with Crippen molar-refractivity contribution in [2.45, 2.75) is 12.2 Å². The minimum absolute atomic E-state index is 0.0472. The first kappa shape index (κ1) is 12.1. The Labute approximate surface area is 98.7 Å². The summed E-state index contributed by atoms with van der Waals surface area (Å²) in [4.78, 5) is 4.02. The van der Waals surface area contributed by atoms with Crippen LogP contribution in [0.25, 0.3) is 0 Å². The van der Waals surface area contributed by atoms with Crippen LogP contribution < -0.4 is 10.5 Å². The van der Waals surface area contributed by atoms with Gasteiger partial charge < -0.3 is 19.9 Å². The summed E-state index contributed by atoms with van der Waals surface area (Å²) >= 11 is 0. The van der Waals surface area contributed by atoms with E-state index in [2.05, 4.69) is 4.98 Å². The number of aromatic nitrogens is 1. The van der Waals surface area contributed by atoms with Crippen LogP contribution in [0.3, 0.4) is 0 Å². The Bertz CT molecular complexity index is 364. The lowest BCUT2D eigenvalue weighted by Gasteiger charge is -2.19. The zero-order valence-corrected chi connectivity index (χ0v) is 9.34. The van der Waals surface area contributed by atoms with E-state index in [1.165, 1.54) is 0 Å². The summed E-state index contributed by atoms with van der Waals surface area (Å²) in [6, 6.07) is 3.43. The van der Waals surface area contributed by atoms with E-state index in [0.717, 1.165) is 0 Å². The molecule has 0 amide bonds. The van der Waals surface area contributed by atoms with Gasteiger partial charge in [0.05, 0.1) is 25.5 Å². The molecule has 1 aromatic rings. The van der Waals surface area contributed by atoms with Gasteiger partial charge in [-0.15, -0.1) is 0 Å². The maximum atomic E-state index is 12.0. The van der Waals surface area contributed by atoms with Crippen molar-refractivity contribution in [1.82, 2.24) is 4.98 Å². The molecule has 94 valence electrons. The van der Waals surface area contributed by atoms with Crippen LogP contribution in [0, 0.1) is 0 Å². The molecule has 1 aliphatic rings. The van der Waals surface area contributed by atoms with Gasteiger partial charge in [0.15, 0.2) is 6.10 Å². The number of anilines is 1. The molecule has 2 N–H and O–H groups in total. The van der Waals surface area contributed by atoms with Crippen molar-refractivity contribution in [3.8, 4) is 5.88 Å². The highest BCUT2D eigenvalue weighted by atomic mass is 19.1. The molecule has 1 aromatic heterocycles. The predicted molar refractivity (Wildman–Crippen MR) is 59.6 cm³/mol. The quantitative estimate of drug-likeness (QED) is 0.827. The molecule has 0 spiro atoms. The number of halogens is 1. The van der Waals surface area contributed by atoms with Crippen molar-refractivity contribution >= 4 is 5.69 Å². The molecule has 0 radical (unpaired) electrons. The number of hydrogen-bond acceptors (Lipinski definition) is 5. The van der Waals surface area contributed by atoms with Gasteiger partial charge in [-0.2, -0.15) is 0 Å². The maximum absolute atomic E-state index is 12.0. The van der Waals surface area contributed by atoms with Crippen LogP contribution in [-0.4, -0.2) is 43.7 Å². The monoisotopic (exact) mass is 242 g/mol. The average molecular weight is 242 g/mol. The Morgan fingerprint density at radius 3 is 3.06 bits per heavy atom. The third-order valence-corrected chi connectivity index (χ3v) is 2.45. The molecule has 2 rings (SSSR count). The number of alkyl halides is 1. The summed E-state index contributed by atoms with van der Waals surface area (Å²) in [6.45, 7) is 0.324. The Kier molecular flexibility index (Phi) is 4.11. The zero-order valence-electron chi connectivity index (χ0n) is 9.34. The Morgan fingerprint density at radius 2 is 2.29 bits per heavy atom. The molecule has 0 bridgehead atoms. The van der Waals surface area contributed by atoms with Gasteiger partial charge in [0.2, 0.25) is 5.88 Å². The van der Waals surface area contributed by atoms with Gasteiger partial charge in [0, 0.05) is 6.20 Å². The van der Waals surface area contributed by atoms with Crippen LogP contribution in [0.4, 0.5) is 10.1 Å². The third-order valence-electron chi connectivity index (χ3n) is 2.45. The second kappa shape index (κ2) is 5.79. The fourth-order valence-corrected chi connectivity index (χ4v) is 1.62. The molecule has 0 aromatic carbocycles. The van der Waals surface area contributed by atoms with Crippen molar-refractivity contribution in [3.63, 3.8) is 0 Å². The molecule has 1 fully saturated rings. The molecule has 2 atom stereocenters. The lowest BCUT2D eigenvalue weighted by molar-refractivity contribution is -0.00635. The van der Waals surface area contributed by atoms with E-state index in [4.69, 9.17) is 19.9 Å². The summed E-state index contributed by atoms with van der Waals surface area (Å²) in [5, 5.41) is 0. The Hall–Kier alpha value is -1.40. The smallest absolute Gasteiger partial charge is 0.237 e. The number of nitrogens with zero attached hydrogens (tertiary/aromatic N) is 1. The first-order chi connectivity index (χ1) is 8.31. The molecular weight excluding hydrogens is 227 g/mol. The SMILES string of the molecule is Nc1cccnc1O[C@@H]1COC[C@@H]1OCCF. The first-order valence-electron chi connectivity index (χ1n) is 5.43. The van der Waals surface area contributed by atoms with Crippen molar-refractivity contribution in [2.75, 3.05) is 32.2 Å². The zero-order chi connectivity index (χ0) is 12.1. The summed E-state index contributed by atoms with van der Waals surface area (Å²) in [6.07, 6.45) is 1.03. The lowest BCUT2D eigenvalue weighted by atomic mass is 10.2. The van der Waals surface area contributed by atoms with Gasteiger partial charge >= 0.3 is 0 Å². The average Bonchev–Trinajstić information content (AvgIpc) is 2.77. The third kappa shape index (κ3) is 3.04. The van der Waals surface area contributed by atoms with Gasteiger partial charge in [-0.3, -0.25) is 0 Å². The highest BCUT2D eigenvalue weighted by Crippen LogP contribution is 2.22. The van der Waals surface area contributed by atoms with Gasteiger partial charge in [-0.1, -0.05) is 0 Å². The van der Waals surface area contributed by atoms with Crippen molar-refractivity contribution in [2.24, 2.45) is 0 Å². The molecule has 0 aliphatic carbocycles. The lowest BCUT2D eigenvalue weighted by Crippen LogP contribution is -2.33. The van der Waals surface area contributed by atoms with Crippen LogP contribution in [0.2, 0.25) is 0 Å². The largest absolute Gasteiger partial charge is 0.468 e. The van der Waals surface area contributed by atoms with Gasteiger partial charge in [-0.05, 0) is 12.1 Å². The number of nitrogens with two attached hydrogens (primary N) is 1. The highest BCUT2D eigenvalue weighted by molar-refractivity contribution is 5.47. The van der Waals surface area contributed by atoms with Crippen molar-refractivity contribution in [3.05, 3.63) is 18.3 Å². The standard InChI is InChI=1S/C11H15FN2O3/c12-3-5-16-9-6-15-7-10(9)17-11-8(13)2-1-4-14-11/h1-2,4,9-10H,3,5-7,13H2/t9-,10+/m0/s1. The molecule has 6 heteroatoms. The van der Waals surface area contributed by atoms with Crippen LogP contribution >= 0.6 is 0 Å². The topological polar surface area (TPSA) is 66.6 Å². The number of rotatable bonds is 5. The number of ether oxygens (including phenoxy) is 3. The van der Waals surface area contributed by atoms with Crippen LogP contribution in [0.5, 0.6) is 5.88 Å². The van der Waals surface area contributed by atoms with E-state index < -0.39 is 6.67 Å². The Morgan fingerprint density at radius 1 is 1.47 bits per heavy atom. The van der Waals surface area contributed by atoms with E-state index in [1.54, 1.807) is 18.3 Å². The van der Waals surface area contributed by atoms with E-state index in [0.29, 0.717) is 24.8 Å². The second-order valence-corrected chi connectivity index (χ2v) is 3.69. The molecule has 2 heterocycles. The molecule has 0 unspecified atom stereocenters. The molecule has 1 saturated heterocycles. The molecule has 0 saturated carbocycles. The molecule has 5 nitrogen and oxygen atoms in total. The summed E-state index contributed by atoms with van der Waals surface area (Å²) in [7, 11) is 0. The van der Waals surface area contributed by atoms with Gasteiger partial charge in [-0.25, -0.2) is 9.37 Å². The maximum Gasteiger partial charge on any atom is 0.237 e. The molecule has 17 heavy (non-hydrogen) atoms. The normalized spacial score (nSPS) is 23.8. The molecular formula is C11H15FN2O3. The van der Waals surface area contributed by atoms with Crippen molar-refractivity contribution < 1.29 is 18.6 Å². The van der Waals surface area contributed by atoms with Crippen LogP contribution in [-0.2, 0) is 9.47 Å². The highest BCUT2D eigenvalue weighted by Gasteiger charge is 2.31. The van der Waals surface area contributed by atoms with Crippen LogP contribution in [0.15, 0.2) is 18.3 Å². The number of nitrogen functional groups attached to an aromatic ring is 1. The summed E-state index contributed by atoms with van der Waals surface area (Å²) in [5.74, 6) is 0.358. The minimum atomic E-state index is -0.519. The van der Waals surface area contributed by atoms with E-state index >= 15 is 0 Å². The predicted octanol–water partition coefficient (Wildman–Crippen LogP) is 0.796.